The molecule has 0 aromatic carbocycles. The van der Waals surface area contributed by atoms with Gasteiger partial charge in [-0.3, -0.25) is 10.1 Å². The maximum Gasteiger partial charge on any atom is 0.244 e. The topological polar surface area (TPSA) is 41.6 Å². The van der Waals surface area contributed by atoms with Crippen LogP contribution in [0.1, 0.15) is 48.5 Å². The average molecular weight is 306 g/mol. The molecule has 1 atom stereocenters. The Balaban J connectivity index is 1.55. The van der Waals surface area contributed by atoms with Crippen molar-refractivity contribution in [1.82, 2.24) is 10.2 Å². The highest BCUT2D eigenvalue weighted by Crippen LogP contribution is 2.49. The van der Waals surface area contributed by atoms with Gasteiger partial charge in [-0.1, -0.05) is 0 Å². The molecule has 3 aliphatic rings. The summed E-state index contributed by atoms with van der Waals surface area (Å²) in [6.07, 6.45) is 4.37. The average Bonchev–Trinajstić information content (AvgIpc) is 2.99. The van der Waals surface area contributed by atoms with Crippen LogP contribution in [0.25, 0.3) is 0 Å². The van der Waals surface area contributed by atoms with Crippen LogP contribution in [0.5, 0.6) is 0 Å². The number of hydrogen-bond donors (Lipinski definition) is 1. The van der Waals surface area contributed by atoms with Crippen molar-refractivity contribution in [3.8, 4) is 0 Å². The van der Waals surface area contributed by atoms with Crippen LogP contribution in [0.15, 0.2) is 12.1 Å². The highest BCUT2D eigenvalue weighted by Gasteiger charge is 2.61. The minimum Gasteiger partial charge on any atom is -0.378 e. The number of nitrogens with zero attached hydrogens (tertiary/aromatic N) is 1. The van der Waals surface area contributed by atoms with Gasteiger partial charge in [0.05, 0.1) is 6.10 Å². The van der Waals surface area contributed by atoms with E-state index >= 15 is 0 Å². The zero-order valence-electron chi connectivity index (χ0n) is 12.6. The lowest BCUT2D eigenvalue weighted by Gasteiger charge is -2.42. The Kier molecular flexibility index (Phi) is 3.14. The Labute approximate surface area is 129 Å². The first-order valence-electron chi connectivity index (χ1n) is 7.91. The summed E-state index contributed by atoms with van der Waals surface area (Å²) in [6, 6.07) is 4.65. The van der Waals surface area contributed by atoms with Gasteiger partial charge in [0.2, 0.25) is 5.91 Å². The number of nitrogens with one attached hydrogen (secondary N) is 1. The lowest BCUT2D eigenvalue weighted by molar-refractivity contribution is -0.139. The highest BCUT2D eigenvalue weighted by molar-refractivity contribution is 7.12. The molecule has 21 heavy (non-hydrogen) atoms. The predicted molar refractivity (Wildman–Crippen MR) is 82.2 cm³/mol. The first-order chi connectivity index (χ1) is 10.1. The molecule has 1 aromatic rings. The normalized spacial score (nSPS) is 33.5. The third-order valence-electron chi connectivity index (χ3n) is 4.98. The van der Waals surface area contributed by atoms with Crippen LogP contribution in [0.4, 0.5) is 0 Å². The van der Waals surface area contributed by atoms with E-state index in [1.165, 1.54) is 9.75 Å². The summed E-state index contributed by atoms with van der Waals surface area (Å²) >= 11 is 1.79. The van der Waals surface area contributed by atoms with Gasteiger partial charge in [-0.25, -0.2) is 0 Å². The molecule has 3 fully saturated rings. The third kappa shape index (κ3) is 2.14. The molecule has 1 aromatic heterocycles. The molecular weight excluding hydrogens is 284 g/mol. The third-order valence-corrected chi connectivity index (χ3v) is 6.03. The van der Waals surface area contributed by atoms with Gasteiger partial charge >= 0.3 is 0 Å². The van der Waals surface area contributed by atoms with Crippen LogP contribution in [0, 0.1) is 6.92 Å². The smallest absolute Gasteiger partial charge is 0.244 e. The number of thiophene rings is 1. The van der Waals surface area contributed by atoms with Crippen molar-refractivity contribution in [2.75, 3.05) is 6.61 Å². The van der Waals surface area contributed by atoms with Crippen molar-refractivity contribution in [3.05, 3.63) is 21.9 Å². The van der Waals surface area contributed by atoms with Gasteiger partial charge < -0.3 is 9.64 Å². The van der Waals surface area contributed by atoms with Crippen LogP contribution < -0.4 is 5.32 Å². The minimum atomic E-state index is -0.237. The fourth-order valence-electron chi connectivity index (χ4n) is 3.56. The molecule has 4 rings (SSSR count). The summed E-state index contributed by atoms with van der Waals surface area (Å²) < 4.78 is 5.66. The SMILES string of the molecule is CCOC1CC(N2C(=O)C3(CC3)NC2c2ccc(C)s2)C1. The Morgan fingerprint density at radius 3 is 2.76 bits per heavy atom. The Hall–Kier alpha value is -0.910. The summed E-state index contributed by atoms with van der Waals surface area (Å²) in [4.78, 5) is 17.5. The van der Waals surface area contributed by atoms with Crippen molar-refractivity contribution in [2.45, 2.75) is 63.4 Å². The monoisotopic (exact) mass is 306 g/mol. The minimum absolute atomic E-state index is 0.0753. The van der Waals surface area contributed by atoms with Crippen LogP contribution in [-0.2, 0) is 9.53 Å². The number of carbonyl (C=O) groups is 1. The molecule has 1 saturated heterocycles. The molecule has 2 saturated carbocycles. The molecule has 0 bridgehead atoms. The van der Waals surface area contributed by atoms with Gasteiger partial charge in [0.15, 0.2) is 0 Å². The van der Waals surface area contributed by atoms with Gasteiger partial charge in [0.1, 0.15) is 11.7 Å². The van der Waals surface area contributed by atoms with Crippen LogP contribution in [-0.4, -0.2) is 35.1 Å². The van der Waals surface area contributed by atoms with E-state index in [0.29, 0.717) is 18.1 Å². The summed E-state index contributed by atoms with van der Waals surface area (Å²) in [5, 5.41) is 3.61. The van der Waals surface area contributed by atoms with E-state index in [0.717, 1.165) is 32.3 Å². The zero-order valence-corrected chi connectivity index (χ0v) is 13.4. The molecule has 4 nitrogen and oxygen atoms in total. The van der Waals surface area contributed by atoms with Crippen LogP contribution >= 0.6 is 11.3 Å². The van der Waals surface area contributed by atoms with Gasteiger partial charge in [0, 0.05) is 22.4 Å². The van der Waals surface area contributed by atoms with Crippen molar-refractivity contribution in [3.63, 3.8) is 0 Å². The van der Waals surface area contributed by atoms with Crippen molar-refractivity contribution >= 4 is 17.2 Å². The summed E-state index contributed by atoms with van der Waals surface area (Å²) in [5.74, 6) is 0.318. The second-order valence-corrected chi connectivity index (χ2v) is 7.81. The highest BCUT2D eigenvalue weighted by atomic mass is 32.1. The second-order valence-electron chi connectivity index (χ2n) is 6.49. The summed E-state index contributed by atoms with van der Waals surface area (Å²) in [7, 11) is 0. The van der Waals surface area contributed by atoms with E-state index in [1.807, 2.05) is 6.92 Å². The van der Waals surface area contributed by atoms with Crippen molar-refractivity contribution in [1.29, 1.82) is 0 Å². The van der Waals surface area contributed by atoms with E-state index in [1.54, 1.807) is 11.3 Å². The quantitative estimate of drug-likeness (QED) is 0.929. The molecule has 5 heteroatoms. The first-order valence-corrected chi connectivity index (χ1v) is 8.73. The van der Waals surface area contributed by atoms with E-state index in [-0.39, 0.29) is 11.7 Å². The molecule has 1 amide bonds. The fraction of sp³-hybridized carbons (Fsp3) is 0.688. The number of carbonyl (C=O) groups excluding carboxylic acids is 1. The molecule has 1 spiro atoms. The molecule has 1 unspecified atom stereocenters. The van der Waals surface area contributed by atoms with Crippen LogP contribution in [0.3, 0.4) is 0 Å². The van der Waals surface area contributed by atoms with Gasteiger partial charge in [-0.15, -0.1) is 11.3 Å². The first kappa shape index (κ1) is 13.7. The van der Waals surface area contributed by atoms with Gasteiger partial charge in [-0.2, -0.15) is 0 Å². The second kappa shape index (κ2) is 4.80. The van der Waals surface area contributed by atoms with E-state index in [2.05, 4.69) is 29.3 Å². The van der Waals surface area contributed by atoms with Crippen molar-refractivity contribution in [2.24, 2.45) is 0 Å². The molecule has 2 aliphatic carbocycles. The Morgan fingerprint density at radius 1 is 1.43 bits per heavy atom. The molecule has 2 heterocycles. The standard InChI is InChI=1S/C16H22N2O2S/c1-3-20-12-8-11(9-12)18-14(13-5-4-10(2)21-13)17-16(6-7-16)15(18)19/h4-5,11-12,14,17H,3,6-9H2,1-2H3. The zero-order chi connectivity index (χ0) is 14.6. The van der Waals surface area contributed by atoms with Gasteiger partial charge in [0.25, 0.3) is 0 Å². The number of hydrogen-bond acceptors (Lipinski definition) is 4. The lowest BCUT2D eigenvalue weighted by Crippen LogP contribution is -2.50. The molecule has 114 valence electrons. The summed E-state index contributed by atoms with van der Waals surface area (Å²) in [6.45, 7) is 4.92. The fourth-order valence-corrected chi connectivity index (χ4v) is 4.49. The lowest BCUT2D eigenvalue weighted by atomic mass is 9.87. The number of rotatable bonds is 4. The largest absolute Gasteiger partial charge is 0.378 e. The predicted octanol–water partition coefficient (Wildman–Crippen LogP) is 2.59. The van der Waals surface area contributed by atoms with E-state index in [9.17, 15) is 4.79 Å². The Bertz CT molecular complexity index is 560. The molecule has 1 aliphatic heterocycles. The maximum absolute atomic E-state index is 12.8. The van der Waals surface area contributed by atoms with E-state index in [4.69, 9.17) is 4.74 Å². The van der Waals surface area contributed by atoms with Gasteiger partial charge in [-0.05, 0) is 51.7 Å². The van der Waals surface area contributed by atoms with E-state index < -0.39 is 0 Å². The number of ether oxygens (including phenoxy) is 1. The van der Waals surface area contributed by atoms with Crippen molar-refractivity contribution < 1.29 is 9.53 Å². The van der Waals surface area contributed by atoms with Crippen LogP contribution in [0.2, 0.25) is 0 Å². The molecule has 1 N–H and O–H groups in total. The molecular formula is C16H22N2O2S. The molecule has 0 radical (unpaired) electrons. The number of amides is 1. The number of aryl methyl sites for hydroxylation is 1. The maximum atomic E-state index is 12.8. The summed E-state index contributed by atoms with van der Waals surface area (Å²) in [5.41, 5.74) is -0.237. The Morgan fingerprint density at radius 2 is 2.19 bits per heavy atom.